The summed E-state index contributed by atoms with van der Waals surface area (Å²) in [7, 11) is 0. The molecule has 0 radical (unpaired) electrons. The highest BCUT2D eigenvalue weighted by Gasteiger charge is 2.44. The van der Waals surface area contributed by atoms with Gasteiger partial charge in [0.1, 0.15) is 0 Å². The first-order chi connectivity index (χ1) is 11.1. The first kappa shape index (κ1) is 16.3. The third-order valence-electron chi connectivity index (χ3n) is 5.18. The van der Waals surface area contributed by atoms with Gasteiger partial charge in [-0.3, -0.25) is 4.79 Å². The van der Waals surface area contributed by atoms with Crippen molar-refractivity contribution in [3.05, 3.63) is 23.8 Å². The van der Waals surface area contributed by atoms with E-state index in [-0.39, 0.29) is 11.3 Å². The zero-order chi connectivity index (χ0) is 16.4. The normalized spacial score (nSPS) is 19.2. The van der Waals surface area contributed by atoms with Crippen molar-refractivity contribution in [2.75, 3.05) is 30.0 Å². The number of hydrogen-bond donors (Lipinski definition) is 1. The van der Waals surface area contributed by atoms with Gasteiger partial charge in [-0.1, -0.05) is 6.92 Å². The van der Waals surface area contributed by atoms with Crippen LogP contribution in [0.15, 0.2) is 18.2 Å². The van der Waals surface area contributed by atoms with Crippen LogP contribution in [0.5, 0.6) is 0 Å². The molecule has 1 N–H and O–H groups in total. The molecular formula is C19H28N2O2. The Bertz CT molecular complexity index is 577. The number of rotatable bonds is 4. The molecule has 0 bridgehead atoms. The average Bonchev–Trinajstić information content (AvgIpc) is 2.83. The molecule has 3 rings (SSSR count). The van der Waals surface area contributed by atoms with Gasteiger partial charge in [0.05, 0.1) is 0 Å². The SMILES string of the molecule is CCCC(=O)Nc1ccc2c(c1)C1(CCOCC1)CN2C(C)C. The van der Waals surface area contributed by atoms with Gasteiger partial charge in [-0.15, -0.1) is 0 Å². The molecule has 1 aromatic rings. The standard InChI is InChI=1S/C19H28N2O2/c1-4-5-18(22)20-15-6-7-17-16(12-15)19(8-10-23-11-9-19)13-21(17)14(2)3/h6-7,12,14H,4-5,8-11,13H2,1-3H3,(H,20,22). The van der Waals surface area contributed by atoms with Gasteiger partial charge in [-0.2, -0.15) is 0 Å². The van der Waals surface area contributed by atoms with Crippen molar-refractivity contribution in [3.63, 3.8) is 0 Å². The smallest absolute Gasteiger partial charge is 0.224 e. The molecule has 1 saturated heterocycles. The maximum absolute atomic E-state index is 11.9. The predicted molar refractivity (Wildman–Crippen MR) is 94.2 cm³/mol. The van der Waals surface area contributed by atoms with E-state index in [2.05, 4.69) is 36.2 Å². The Morgan fingerprint density at radius 3 is 2.74 bits per heavy atom. The van der Waals surface area contributed by atoms with E-state index in [0.29, 0.717) is 12.5 Å². The minimum Gasteiger partial charge on any atom is -0.381 e. The second-order valence-electron chi connectivity index (χ2n) is 7.14. The highest BCUT2D eigenvalue weighted by molar-refractivity contribution is 5.91. The second-order valence-corrected chi connectivity index (χ2v) is 7.14. The zero-order valence-corrected chi connectivity index (χ0v) is 14.5. The largest absolute Gasteiger partial charge is 0.381 e. The number of amides is 1. The van der Waals surface area contributed by atoms with Crippen molar-refractivity contribution < 1.29 is 9.53 Å². The number of carbonyl (C=O) groups excluding carboxylic acids is 1. The van der Waals surface area contributed by atoms with E-state index >= 15 is 0 Å². The average molecular weight is 316 g/mol. The minimum absolute atomic E-state index is 0.104. The summed E-state index contributed by atoms with van der Waals surface area (Å²) in [5.41, 5.74) is 3.83. The van der Waals surface area contributed by atoms with Gasteiger partial charge in [0.25, 0.3) is 0 Å². The van der Waals surface area contributed by atoms with Crippen molar-refractivity contribution in [2.24, 2.45) is 0 Å². The van der Waals surface area contributed by atoms with Crippen LogP contribution in [0.25, 0.3) is 0 Å². The molecule has 2 aliphatic heterocycles. The van der Waals surface area contributed by atoms with E-state index in [4.69, 9.17) is 4.74 Å². The number of benzene rings is 1. The quantitative estimate of drug-likeness (QED) is 0.921. The highest BCUT2D eigenvalue weighted by Crippen LogP contribution is 2.48. The van der Waals surface area contributed by atoms with Crippen LogP contribution in [-0.4, -0.2) is 31.7 Å². The number of hydrogen-bond acceptors (Lipinski definition) is 3. The van der Waals surface area contributed by atoms with Crippen molar-refractivity contribution in [1.82, 2.24) is 0 Å². The monoisotopic (exact) mass is 316 g/mol. The Balaban J connectivity index is 1.93. The molecule has 1 aromatic carbocycles. The van der Waals surface area contributed by atoms with E-state index in [1.54, 1.807) is 0 Å². The zero-order valence-electron chi connectivity index (χ0n) is 14.5. The van der Waals surface area contributed by atoms with Crippen molar-refractivity contribution >= 4 is 17.3 Å². The summed E-state index contributed by atoms with van der Waals surface area (Å²) in [6.07, 6.45) is 3.58. The number of nitrogens with zero attached hydrogens (tertiary/aromatic N) is 1. The Morgan fingerprint density at radius 2 is 2.09 bits per heavy atom. The van der Waals surface area contributed by atoms with Crippen molar-refractivity contribution in [2.45, 2.75) is 57.9 Å². The maximum Gasteiger partial charge on any atom is 0.224 e. The molecule has 0 saturated carbocycles. The molecule has 0 unspecified atom stereocenters. The lowest BCUT2D eigenvalue weighted by Gasteiger charge is -2.35. The van der Waals surface area contributed by atoms with E-state index in [1.807, 2.05) is 13.0 Å². The third-order valence-corrected chi connectivity index (χ3v) is 5.18. The molecule has 0 atom stereocenters. The molecule has 2 aliphatic rings. The lowest BCUT2D eigenvalue weighted by atomic mass is 9.75. The summed E-state index contributed by atoms with van der Waals surface area (Å²) in [4.78, 5) is 14.4. The molecule has 1 fully saturated rings. The summed E-state index contributed by atoms with van der Waals surface area (Å²) < 4.78 is 5.61. The van der Waals surface area contributed by atoms with Crippen molar-refractivity contribution in [1.29, 1.82) is 0 Å². The fourth-order valence-electron chi connectivity index (χ4n) is 3.89. The second kappa shape index (κ2) is 6.52. The van der Waals surface area contributed by atoms with E-state index < -0.39 is 0 Å². The fraction of sp³-hybridized carbons (Fsp3) is 0.632. The van der Waals surface area contributed by atoms with Gasteiger partial charge in [-0.25, -0.2) is 0 Å². The molecule has 4 heteroatoms. The fourth-order valence-corrected chi connectivity index (χ4v) is 3.89. The van der Waals surface area contributed by atoms with Gasteiger partial charge in [0.15, 0.2) is 0 Å². The maximum atomic E-state index is 11.9. The lowest BCUT2D eigenvalue weighted by molar-refractivity contribution is -0.116. The van der Waals surface area contributed by atoms with Crippen molar-refractivity contribution in [3.8, 4) is 0 Å². The molecule has 0 aromatic heterocycles. The van der Waals surface area contributed by atoms with Crippen LogP contribution < -0.4 is 10.2 Å². The van der Waals surface area contributed by atoms with Gasteiger partial charge < -0.3 is 15.0 Å². The molecule has 126 valence electrons. The lowest BCUT2D eigenvalue weighted by Crippen LogP contribution is -2.40. The first-order valence-electron chi connectivity index (χ1n) is 8.84. The molecule has 0 aliphatic carbocycles. The Hall–Kier alpha value is -1.55. The Morgan fingerprint density at radius 1 is 1.35 bits per heavy atom. The number of nitrogens with one attached hydrogen (secondary N) is 1. The first-order valence-corrected chi connectivity index (χ1v) is 8.84. The number of fused-ring (bicyclic) bond motifs is 2. The van der Waals surface area contributed by atoms with Crippen LogP contribution in [0.3, 0.4) is 0 Å². The Labute approximate surface area is 139 Å². The van der Waals surface area contributed by atoms with Gasteiger partial charge in [0, 0.05) is 49.0 Å². The molecule has 1 spiro atoms. The molecular weight excluding hydrogens is 288 g/mol. The molecule has 1 amide bonds. The number of carbonyl (C=O) groups is 1. The minimum atomic E-state index is 0.104. The third kappa shape index (κ3) is 3.09. The van der Waals surface area contributed by atoms with Gasteiger partial charge in [0.2, 0.25) is 5.91 Å². The van der Waals surface area contributed by atoms with Crippen LogP contribution in [0.1, 0.15) is 52.0 Å². The summed E-state index contributed by atoms with van der Waals surface area (Å²) >= 11 is 0. The van der Waals surface area contributed by atoms with Crippen LogP contribution >= 0.6 is 0 Å². The van der Waals surface area contributed by atoms with E-state index in [9.17, 15) is 4.79 Å². The van der Waals surface area contributed by atoms with E-state index in [1.165, 1.54) is 11.3 Å². The number of ether oxygens (including phenoxy) is 1. The topological polar surface area (TPSA) is 41.6 Å². The van der Waals surface area contributed by atoms with Crippen LogP contribution in [0.4, 0.5) is 11.4 Å². The van der Waals surface area contributed by atoms with Gasteiger partial charge in [-0.05, 0) is 56.9 Å². The van der Waals surface area contributed by atoms with Crippen LogP contribution in [0.2, 0.25) is 0 Å². The molecule has 23 heavy (non-hydrogen) atoms. The summed E-state index contributed by atoms with van der Waals surface area (Å²) in [6.45, 7) is 9.25. The summed E-state index contributed by atoms with van der Waals surface area (Å²) in [6, 6.07) is 6.91. The molecule has 2 heterocycles. The predicted octanol–water partition coefficient (Wildman–Crippen LogP) is 3.70. The van der Waals surface area contributed by atoms with Gasteiger partial charge >= 0.3 is 0 Å². The van der Waals surface area contributed by atoms with E-state index in [0.717, 1.165) is 44.7 Å². The summed E-state index contributed by atoms with van der Waals surface area (Å²) in [5.74, 6) is 0.104. The highest BCUT2D eigenvalue weighted by atomic mass is 16.5. The number of anilines is 2. The molecule has 4 nitrogen and oxygen atoms in total. The summed E-state index contributed by atoms with van der Waals surface area (Å²) in [5, 5.41) is 3.05. The van der Waals surface area contributed by atoms with Crippen LogP contribution in [-0.2, 0) is 14.9 Å². The Kier molecular flexibility index (Phi) is 4.62. The van der Waals surface area contributed by atoms with Crippen LogP contribution in [0, 0.1) is 0 Å².